The Hall–Kier alpha value is -3.36. The first-order valence-corrected chi connectivity index (χ1v) is 6.89. The number of para-hydroxylation sites is 1. The lowest BCUT2D eigenvalue weighted by Crippen LogP contribution is -2.30. The van der Waals surface area contributed by atoms with E-state index in [1.807, 2.05) is 4.98 Å². The van der Waals surface area contributed by atoms with Crippen LogP contribution in [0.1, 0.15) is 16.1 Å². The first-order chi connectivity index (χ1) is 11.5. The Morgan fingerprint density at radius 3 is 2.62 bits per heavy atom. The molecule has 9 heteroatoms. The van der Waals surface area contributed by atoms with Gasteiger partial charge in [0.2, 0.25) is 0 Å². The Morgan fingerprint density at radius 2 is 1.92 bits per heavy atom. The maximum Gasteiger partial charge on any atom is 0.355 e. The number of hydrogen-bond donors (Lipinski definition) is 3. The van der Waals surface area contributed by atoms with E-state index in [0.717, 1.165) is 11.6 Å². The average molecular weight is 333 g/mol. The molecule has 1 amide bonds. The minimum absolute atomic E-state index is 0.197. The van der Waals surface area contributed by atoms with Crippen molar-refractivity contribution >= 4 is 11.9 Å². The number of carbonyl (C=O) groups excluding carboxylic acids is 2. The van der Waals surface area contributed by atoms with Crippen molar-refractivity contribution in [3.05, 3.63) is 62.4 Å². The number of aromatic nitrogens is 2. The molecule has 2 rings (SSSR count). The second-order valence-electron chi connectivity index (χ2n) is 4.67. The standard InChI is InChI=1S/C15H15N3O6/c1-23-11-5-3-2-4-9(11)7-16-13(20)8-24-14(21)10-6-12(19)18-15(22)17-10/h2-6H,7-8H2,1H3,(H,16,20)(H2,17,18,19,22). The number of H-pyrrole nitrogens is 2. The van der Waals surface area contributed by atoms with Crippen LogP contribution in [0.25, 0.3) is 0 Å². The number of rotatable bonds is 6. The molecule has 0 aliphatic carbocycles. The van der Waals surface area contributed by atoms with Crippen LogP contribution in [0.2, 0.25) is 0 Å². The predicted octanol–water partition coefficient (Wildman–Crippen LogP) is -0.455. The zero-order chi connectivity index (χ0) is 17.5. The van der Waals surface area contributed by atoms with Crippen LogP contribution in [0.3, 0.4) is 0 Å². The Labute approximate surface area is 135 Å². The Morgan fingerprint density at radius 1 is 1.17 bits per heavy atom. The van der Waals surface area contributed by atoms with Gasteiger partial charge in [0.15, 0.2) is 6.61 Å². The third-order valence-electron chi connectivity index (χ3n) is 2.98. The van der Waals surface area contributed by atoms with E-state index in [1.54, 1.807) is 24.3 Å². The van der Waals surface area contributed by atoms with Crippen molar-refractivity contribution in [2.24, 2.45) is 0 Å². The molecule has 0 unspecified atom stereocenters. The topological polar surface area (TPSA) is 130 Å². The van der Waals surface area contributed by atoms with Crippen molar-refractivity contribution in [3.63, 3.8) is 0 Å². The van der Waals surface area contributed by atoms with Crippen molar-refractivity contribution < 1.29 is 19.1 Å². The lowest BCUT2D eigenvalue weighted by Gasteiger charge is -2.09. The number of nitrogens with one attached hydrogen (secondary N) is 3. The molecular formula is C15H15N3O6. The van der Waals surface area contributed by atoms with Crippen LogP contribution in [0, 0.1) is 0 Å². The molecular weight excluding hydrogens is 318 g/mol. The minimum Gasteiger partial charge on any atom is -0.496 e. The largest absolute Gasteiger partial charge is 0.496 e. The molecule has 126 valence electrons. The summed E-state index contributed by atoms with van der Waals surface area (Å²) >= 11 is 0. The first-order valence-electron chi connectivity index (χ1n) is 6.89. The normalized spacial score (nSPS) is 10.0. The van der Waals surface area contributed by atoms with Gasteiger partial charge >= 0.3 is 11.7 Å². The average Bonchev–Trinajstić information content (AvgIpc) is 2.57. The summed E-state index contributed by atoms with van der Waals surface area (Å²) in [6.07, 6.45) is 0. The van der Waals surface area contributed by atoms with Crippen LogP contribution in [-0.4, -0.2) is 35.6 Å². The molecule has 0 saturated heterocycles. The number of esters is 1. The SMILES string of the molecule is COc1ccccc1CNC(=O)COC(=O)c1cc(=O)[nH]c(=O)[nH]1. The van der Waals surface area contributed by atoms with Gasteiger partial charge in [0.05, 0.1) is 7.11 Å². The van der Waals surface area contributed by atoms with E-state index in [-0.39, 0.29) is 12.2 Å². The van der Waals surface area contributed by atoms with E-state index in [0.29, 0.717) is 5.75 Å². The zero-order valence-electron chi connectivity index (χ0n) is 12.8. The van der Waals surface area contributed by atoms with Crippen molar-refractivity contribution in [2.75, 3.05) is 13.7 Å². The molecule has 1 aromatic carbocycles. The molecule has 0 saturated carbocycles. The highest BCUT2D eigenvalue weighted by Crippen LogP contribution is 2.16. The highest BCUT2D eigenvalue weighted by Gasteiger charge is 2.12. The van der Waals surface area contributed by atoms with Gasteiger partial charge in [0, 0.05) is 18.2 Å². The molecule has 1 heterocycles. The second kappa shape index (κ2) is 7.77. The van der Waals surface area contributed by atoms with Crippen molar-refractivity contribution in [2.45, 2.75) is 6.54 Å². The molecule has 0 bridgehead atoms. The third kappa shape index (κ3) is 4.57. The van der Waals surface area contributed by atoms with Crippen LogP contribution >= 0.6 is 0 Å². The molecule has 0 atom stereocenters. The Balaban J connectivity index is 1.88. The van der Waals surface area contributed by atoms with Crippen molar-refractivity contribution in [3.8, 4) is 5.75 Å². The zero-order valence-corrected chi connectivity index (χ0v) is 12.8. The molecule has 1 aromatic heterocycles. The number of aromatic amines is 2. The molecule has 0 fully saturated rings. The minimum atomic E-state index is -0.981. The molecule has 0 aliphatic rings. The fourth-order valence-corrected chi connectivity index (χ4v) is 1.88. The van der Waals surface area contributed by atoms with E-state index >= 15 is 0 Å². The van der Waals surface area contributed by atoms with Gasteiger partial charge < -0.3 is 19.8 Å². The molecule has 0 aliphatic heterocycles. The van der Waals surface area contributed by atoms with Crippen LogP contribution in [0.4, 0.5) is 0 Å². The number of benzene rings is 1. The van der Waals surface area contributed by atoms with E-state index in [2.05, 4.69) is 10.3 Å². The van der Waals surface area contributed by atoms with Gasteiger partial charge in [0.25, 0.3) is 11.5 Å². The highest BCUT2D eigenvalue weighted by molar-refractivity contribution is 5.89. The van der Waals surface area contributed by atoms with Gasteiger partial charge in [-0.15, -0.1) is 0 Å². The summed E-state index contributed by atoms with van der Waals surface area (Å²) in [6.45, 7) is -0.356. The summed E-state index contributed by atoms with van der Waals surface area (Å²) in [4.78, 5) is 49.6. The Kier molecular flexibility index (Phi) is 5.50. The molecule has 24 heavy (non-hydrogen) atoms. The van der Waals surface area contributed by atoms with Crippen molar-refractivity contribution in [1.29, 1.82) is 0 Å². The van der Waals surface area contributed by atoms with E-state index in [4.69, 9.17) is 9.47 Å². The smallest absolute Gasteiger partial charge is 0.355 e. The van der Waals surface area contributed by atoms with Gasteiger partial charge in [-0.2, -0.15) is 0 Å². The molecule has 9 nitrogen and oxygen atoms in total. The van der Waals surface area contributed by atoms with Crippen LogP contribution < -0.4 is 21.3 Å². The summed E-state index contributed by atoms with van der Waals surface area (Å²) in [5, 5.41) is 2.57. The first kappa shape index (κ1) is 17.0. The van der Waals surface area contributed by atoms with Gasteiger partial charge in [0.1, 0.15) is 11.4 Å². The van der Waals surface area contributed by atoms with Gasteiger partial charge in [-0.05, 0) is 6.07 Å². The number of ether oxygens (including phenoxy) is 2. The van der Waals surface area contributed by atoms with Gasteiger partial charge in [-0.1, -0.05) is 18.2 Å². The summed E-state index contributed by atoms with van der Waals surface area (Å²) in [5.74, 6) is -0.900. The third-order valence-corrected chi connectivity index (χ3v) is 2.98. The molecule has 0 radical (unpaired) electrons. The quantitative estimate of drug-likeness (QED) is 0.614. The summed E-state index contributed by atoms with van der Waals surface area (Å²) < 4.78 is 9.89. The molecule has 2 aromatic rings. The second-order valence-corrected chi connectivity index (χ2v) is 4.67. The van der Waals surface area contributed by atoms with E-state index in [1.165, 1.54) is 7.11 Å². The number of methoxy groups -OCH3 is 1. The van der Waals surface area contributed by atoms with E-state index < -0.39 is 29.7 Å². The maximum absolute atomic E-state index is 11.7. The number of amides is 1. The summed E-state index contributed by atoms with van der Waals surface area (Å²) in [5.41, 5.74) is -1.15. The lowest BCUT2D eigenvalue weighted by atomic mass is 10.2. The highest BCUT2D eigenvalue weighted by atomic mass is 16.5. The lowest BCUT2D eigenvalue weighted by molar-refractivity contribution is -0.124. The molecule has 3 N–H and O–H groups in total. The monoisotopic (exact) mass is 333 g/mol. The summed E-state index contributed by atoms with van der Waals surface area (Å²) in [7, 11) is 1.52. The molecule has 0 spiro atoms. The predicted molar refractivity (Wildman–Crippen MR) is 82.8 cm³/mol. The van der Waals surface area contributed by atoms with Gasteiger partial charge in [-0.25, -0.2) is 9.59 Å². The fourth-order valence-electron chi connectivity index (χ4n) is 1.88. The Bertz CT molecular complexity index is 826. The van der Waals surface area contributed by atoms with Crippen LogP contribution in [0.5, 0.6) is 5.75 Å². The number of hydrogen-bond acceptors (Lipinski definition) is 6. The fraction of sp³-hybridized carbons (Fsp3) is 0.200. The number of carbonyl (C=O) groups is 2. The van der Waals surface area contributed by atoms with Crippen LogP contribution in [0.15, 0.2) is 39.9 Å². The van der Waals surface area contributed by atoms with E-state index in [9.17, 15) is 19.2 Å². The summed E-state index contributed by atoms with van der Waals surface area (Å²) in [6, 6.07) is 8.01. The van der Waals surface area contributed by atoms with Crippen molar-refractivity contribution in [1.82, 2.24) is 15.3 Å². The van der Waals surface area contributed by atoms with Gasteiger partial charge in [-0.3, -0.25) is 14.6 Å². The maximum atomic E-state index is 11.7. The van der Waals surface area contributed by atoms with Crippen LogP contribution in [-0.2, 0) is 16.1 Å².